The van der Waals surface area contributed by atoms with E-state index >= 15 is 0 Å². The fourth-order valence-corrected chi connectivity index (χ4v) is 5.09. The number of hydrogen-bond donors (Lipinski definition) is 2. The summed E-state index contributed by atoms with van der Waals surface area (Å²) in [5.41, 5.74) is 2.37. The molecule has 0 saturated heterocycles. The molecular formula is C21H27ClN2O4S. The summed E-state index contributed by atoms with van der Waals surface area (Å²) in [5, 5.41) is 12.2. The maximum absolute atomic E-state index is 13.1. The van der Waals surface area contributed by atoms with Gasteiger partial charge in [0.2, 0.25) is 0 Å². The molecule has 1 aliphatic heterocycles. The van der Waals surface area contributed by atoms with Gasteiger partial charge in [0.05, 0.1) is 16.6 Å². The van der Waals surface area contributed by atoms with Crippen LogP contribution in [0.5, 0.6) is 0 Å². The largest absolute Gasteiger partial charge is 0.481 e. The fourth-order valence-electron chi connectivity index (χ4n) is 3.64. The van der Waals surface area contributed by atoms with E-state index < -0.39 is 16.0 Å². The van der Waals surface area contributed by atoms with E-state index in [1.807, 2.05) is 36.4 Å². The second kappa shape index (κ2) is 10.1. The number of carbonyl (C=O) groups is 1. The van der Waals surface area contributed by atoms with Gasteiger partial charge in [-0.2, -0.15) is 0 Å². The van der Waals surface area contributed by atoms with Crippen molar-refractivity contribution < 1.29 is 18.3 Å². The van der Waals surface area contributed by atoms with Crippen LogP contribution in [0, 0.1) is 0 Å². The van der Waals surface area contributed by atoms with Crippen LogP contribution in [0.3, 0.4) is 0 Å². The molecule has 158 valence electrons. The quantitative estimate of drug-likeness (QED) is 0.609. The Morgan fingerprint density at radius 2 is 1.62 bits per heavy atom. The van der Waals surface area contributed by atoms with Gasteiger partial charge in [-0.3, -0.25) is 9.10 Å². The van der Waals surface area contributed by atoms with Crippen LogP contribution < -0.4 is 9.62 Å². The van der Waals surface area contributed by atoms with E-state index in [1.165, 1.54) is 4.31 Å². The molecule has 1 aliphatic rings. The first kappa shape index (κ1) is 23.2. The number of unbranched alkanes of at least 4 members (excludes halogenated alkanes) is 3. The summed E-state index contributed by atoms with van der Waals surface area (Å²) in [5.74, 6) is -0.755. The van der Waals surface area contributed by atoms with Gasteiger partial charge in [-0.05, 0) is 42.6 Å². The smallest absolute Gasteiger partial charge is 0.303 e. The lowest BCUT2D eigenvalue weighted by Gasteiger charge is -2.22. The number of benzene rings is 2. The molecule has 2 N–H and O–H groups in total. The topological polar surface area (TPSA) is 86.7 Å². The molecule has 6 nitrogen and oxygen atoms in total. The predicted octanol–water partition coefficient (Wildman–Crippen LogP) is 3.96. The summed E-state index contributed by atoms with van der Waals surface area (Å²) in [6, 6.07) is 14.5. The van der Waals surface area contributed by atoms with Crippen molar-refractivity contribution in [1.82, 2.24) is 5.32 Å². The second-order valence-corrected chi connectivity index (χ2v) is 8.95. The summed E-state index contributed by atoms with van der Waals surface area (Å²) in [4.78, 5) is 10.9. The molecule has 0 amide bonds. The van der Waals surface area contributed by atoms with Gasteiger partial charge in [0, 0.05) is 13.5 Å². The number of para-hydroxylation sites is 1. The lowest BCUT2D eigenvalue weighted by Crippen LogP contribution is -2.26. The van der Waals surface area contributed by atoms with Crippen LogP contribution in [0.4, 0.5) is 5.69 Å². The number of halogens is 1. The Morgan fingerprint density at radius 3 is 2.34 bits per heavy atom. The first-order valence-electron chi connectivity index (χ1n) is 9.55. The number of aliphatic carboxylic acids is 1. The molecule has 1 unspecified atom stereocenters. The SMILES string of the molecule is CN1c2ccccc2C(NCCCCCCC(=O)O)c2ccccc2S1(=O)=O.Cl. The van der Waals surface area contributed by atoms with Crippen LogP contribution in [-0.4, -0.2) is 33.1 Å². The number of anilines is 1. The van der Waals surface area contributed by atoms with Gasteiger partial charge in [0.25, 0.3) is 10.0 Å². The summed E-state index contributed by atoms with van der Waals surface area (Å²) in [6.45, 7) is 0.726. The molecule has 8 heteroatoms. The zero-order chi connectivity index (χ0) is 20.1. The predicted molar refractivity (Wildman–Crippen MR) is 116 cm³/mol. The van der Waals surface area contributed by atoms with E-state index in [9.17, 15) is 13.2 Å². The van der Waals surface area contributed by atoms with Gasteiger partial charge >= 0.3 is 5.97 Å². The number of hydrogen-bond acceptors (Lipinski definition) is 4. The van der Waals surface area contributed by atoms with E-state index in [1.54, 1.807) is 19.2 Å². The lowest BCUT2D eigenvalue weighted by atomic mass is 9.96. The molecule has 0 aromatic heterocycles. The van der Waals surface area contributed by atoms with Crippen LogP contribution in [-0.2, 0) is 14.8 Å². The molecule has 29 heavy (non-hydrogen) atoms. The van der Waals surface area contributed by atoms with Crippen molar-refractivity contribution >= 4 is 34.1 Å². The van der Waals surface area contributed by atoms with Gasteiger partial charge in [0.1, 0.15) is 0 Å². The van der Waals surface area contributed by atoms with Crippen molar-refractivity contribution in [3.05, 3.63) is 59.7 Å². The van der Waals surface area contributed by atoms with E-state index in [0.717, 1.165) is 36.9 Å². The van der Waals surface area contributed by atoms with E-state index in [4.69, 9.17) is 5.11 Å². The van der Waals surface area contributed by atoms with Gasteiger partial charge in [-0.25, -0.2) is 8.42 Å². The number of rotatable bonds is 8. The molecule has 0 bridgehead atoms. The highest BCUT2D eigenvalue weighted by Crippen LogP contribution is 2.39. The highest BCUT2D eigenvalue weighted by Gasteiger charge is 2.34. The third-order valence-corrected chi connectivity index (χ3v) is 6.97. The molecule has 0 spiro atoms. The van der Waals surface area contributed by atoms with E-state index in [0.29, 0.717) is 17.0 Å². The van der Waals surface area contributed by atoms with Crippen molar-refractivity contribution in [1.29, 1.82) is 0 Å². The van der Waals surface area contributed by atoms with Crippen LogP contribution in [0.2, 0.25) is 0 Å². The number of carboxylic acids is 1. The Bertz CT molecular complexity index is 949. The zero-order valence-electron chi connectivity index (χ0n) is 16.4. The standard InChI is InChI=1S/C21H26N2O4S.ClH/c1-23-18-12-7-5-10-16(18)21(22-15-9-3-2-4-14-20(24)25)17-11-6-8-13-19(17)28(23,26)27;/h5-8,10-13,21-22H,2-4,9,14-15H2,1H3,(H,24,25);1H. The Hall–Kier alpha value is -2.09. The molecule has 0 aliphatic carbocycles. The Morgan fingerprint density at radius 1 is 1.00 bits per heavy atom. The number of nitrogens with one attached hydrogen (secondary N) is 1. The van der Waals surface area contributed by atoms with Crippen molar-refractivity contribution in [2.75, 3.05) is 17.9 Å². The Labute approximate surface area is 178 Å². The minimum Gasteiger partial charge on any atom is -0.481 e. The van der Waals surface area contributed by atoms with E-state index in [-0.39, 0.29) is 24.9 Å². The fraction of sp³-hybridized carbons (Fsp3) is 0.381. The summed E-state index contributed by atoms with van der Waals surface area (Å²) in [6.07, 6.45) is 3.62. The van der Waals surface area contributed by atoms with Crippen LogP contribution in [0.1, 0.15) is 49.3 Å². The van der Waals surface area contributed by atoms with Crippen molar-refractivity contribution in [3.8, 4) is 0 Å². The molecule has 0 saturated carbocycles. The molecule has 2 aromatic rings. The second-order valence-electron chi connectivity index (χ2n) is 7.01. The number of sulfonamides is 1. The third-order valence-electron chi connectivity index (χ3n) is 5.12. The maximum atomic E-state index is 13.1. The first-order chi connectivity index (χ1) is 13.4. The average molecular weight is 439 g/mol. The van der Waals surface area contributed by atoms with Crippen LogP contribution in [0.15, 0.2) is 53.4 Å². The molecule has 2 aromatic carbocycles. The molecular weight excluding hydrogens is 412 g/mol. The highest BCUT2D eigenvalue weighted by atomic mass is 35.5. The molecule has 0 radical (unpaired) electrons. The van der Waals surface area contributed by atoms with Gasteiger partial charge in [-0.15, -0.1) is 12.4 Å². The van der Waals surface area contributed by atoms with Crippen LogP contribution in [0.25, 0.3) is 0 Å². The number of nitrogens with zero attached hydrogens (tertiary/aromatic N) is 1. The molecule has 0 fully saturated rings. The zero-order valence-corrected chi connectivity index (χ0v) is 18.0. The first-order valence-corrected chi connectivity index (χ1v) is 11.0. The van der Waals surface area contributed by atoms with Crippen molar-refractivity contribution in [3.63, 3.8) is 0 Å². The molecule has 3 rings (SSSR count). The monoisotopic (exact) mass is 438 g/mol. The van der Waals surface area contributed by atoms with Gasteiger partial charge in [-0.1, -0.05) is 49.2 Å². The Kier molecular flexibility index (Phi) is 8.07. The van der Waals surface area contributed by atoms with Crippen molar-refractivity contribution in [2.45, 2.75) is 43.0 Å². The van der Waals surface area contributed by atoms with Gasteiger partial charge in [0.15, 0.2) is 0 Å². The summed E-state index contributed by atoms with van der Waals surface area (Å²) >= 11 is 0. The number of carboxylic acid groups (broad SMARTS) is 1. The van der Waals surface area contributed by atoms with Crippen molar-refractivity contribution in [2.24, 2.45) is 0 Å². The normalized spacial score (nSPS) is 16.9. The van der Waals surface area contributed by atoms with E-state index in [2.05, 4.69) is 5.32 Å². The maximum Gasteiger partial charge on any atom is 0.303 e. The minimum absolute atomic E-state index is 0. The average Bonchev–Trinajstić information content (AvgIpc) is 2.75. The lowest BCUT2D eigenvalue weighted by molar-refractivity contribution is -0.137. The van der Waals surface area contributed by atoms with Crippen LogP contribution >= 0.6 is 12.4 Å². The Balaban J connectivity index is 0.00000300. The highest BCUT2D eigenvalue weighted by molar-refractivity contribution is 7.92. The summed E-state index contributed by atoms with van der Waals surface area (Å²) in [7, 11) is -2.02. The van der Waals surface area contributed by atoms with Gasteiger partial charge < -0.3 is 10.4 Å². The summed E-state index contributed by atoms with van der Waals surface area (Å²) < 4.78 is 27.5. The number of fused-ring (bicyclic) bond motifs is 2. The molecule has 1 atom stereocenters. The minimum atomic E-state index is -3.62. The third kappa shape index (κ3) is 5.10. The molecule has 1 heterocycles.